The van der Waals surface area contributed by atoms with E-state index in [4.69, 9.17) is 0 Å². The number of rotatable bonds is 6. The Morgan fingerprint density at radius 1 is 1.00 bits per heavy atom. The number of aryl methyl sites for hydroxylation is 1. The number of nitrogens with zero attached hydrogens (tertiary/aromatic N) is 2. The average Bonchev–Trinajstić information content (AvgIpc) is 2.87. The number of para-hydroxylation sites is 1. The molecule has 0 fully saturated rings. The summed E-state index contributed by atoms with van der Waals surface area (Å²) in [5.74, 6) is -0.546. The van der Waals surface area contributed by atoms with E-state index in [2.05, 4.69) is 0 Å². The second-order valence-corrected chi connectivity index (χ2v) is 6.39. The van der Waals surface area contributed by atoms with E-state index in [0.29, 0.717) is 24.1 Å². The monoisotopic (exact) mass is 350 g/mol. The van der Waals surface area contributed by atoms with Gasteiger partial charge in [-0.3, -0.25) is 19.3 Å². The van der Waals surface area contributed by atoms with E-state index in [1.807, 2.05) is 50.2 Å². The molecule has 3 rings (SSSR count). The highest BCUT2D eigenvalue weighted by Gasteiger charge is 2.35. The maximum absolute atomic E-state index is 12.5. The minimum Gasteiger partial charge on any atom is -0.313 e. The Morgan fingerprint density at radius 2 is 1.69 bits per heavy atom. The highest BCUT2D eigenvalue weighted by Crippen LogP contribution is 2.24. The summed E-state index contributed by atoms with van der Waals surface area (Å²) < 4.78 is 0. The largest absolute Gasteiger partial charge is 0.313 e. The molecule has 0 bridgehead atoms. The van der Waals surface area contributed by atoms with E-state index in [-0.39, 0.29) is 30.7 Å². The van der Waals surface area contributed by atoms with Gasteiger partial charge in [0.1, 0.15) is 0 Å². The number of anilines is 1. The van der Waals surface area contributed by atoms with Crippen molar-refractivity contribution in [2.45, 2.75) is 26.7 Å². The van der Waals surface area contributed by atoms with Crippen LogP contribution in [0.1, 0.15) is 46.0 Å². The summed E-state index contributed by atoms with van der Waals surface area (Å²) in [5.41, 5.74) is 2.71. The van der Waals surface area contributed by atoms with Crippen molar-refractivity contribution in [3.63, 3.8) is 0 Å². The molecule has 2 aromatic rings. The second-order valence-electron chi connectivity index (χ2n) is 6.39. The summed E-state index contributed by atoms with van der Waals surface area (Å²) >= 11 is 0. The number of amides is 3. The Hall–Kier alpha value is -2.95. The van der Waals surface area contributed by atoms with Crippen LogP contribution in [0.2, 0.25) is 0 Å². The van der Waals surface area contributed by atoms with Crippen LogP contribution in [0, 0.1) is 6.92 Å². The SMILES string of the molecule is CCN(C(=O)CCCN1C(=O)c2ccc(C)cc2C1=O)c1ccccc1. The van der Waals surface area contributed by atoms with Crippen LogP contribution in [0.25, 0.3) is 0 Å². The topological polar surface area (TPSA) is 57.7 Å². The van der Waals surface area contributed by atoms with Crippen LogP contribution in [-0.4, -0.2) is 35.7 Å². The second kappa shape index (κ2) is 7.52. The first-order valence-electron chi connectivity index (χ1n) is 8.85. The summed E-state index contributed by atoms with van der Waals surface area (Å²) in [6.07, 6.45) is 0.738. The van der Waals surface area contributed by atoms with Gasteiger partial charge in [-0.2, -0.15) is 0 Å². The molecule has 0 atom stereocenters. The molecule has 0 unspecified atom stereocenters. The molecule has 26 heavy (non-hydrogen) atoms. The number of carbonyl (C=O) groups excluding carboxylic acids is 3. The van der Waals surface area contributed by atoms with E-state index in [1.165, 1.54) is 4.90 Å². The zero-order chi connectivity index (χ0) is 18.7. The van der Waals surface area contributed by atoms with Crippen LogP contribution in [0.4, 0.5) is 5.69 Å². The van der Waals surface area contributed by atoms with Gasteiger partial charge in [-0.05, 0) is 44.5 Å². The zero-order valence-electron chi connectivity index (χ0n) is 15.1. The fourth-order valence-electron chi connectivity index (χ4n) is 3.24. The Labute approximate surface area is 153 Å². The van der Waals surface area contributed by atoms with Gasteiger partial charge in [-0.15, -0.1) is 0 Å². The molecule has 0 saturated carbocycles. The molecule has 2 aromatic carbocycles. The van der Waals surface area contributed by atoms with Crippen molar-refractivity contribution in [1.82, 2.24) is 4.90 Å². The molecule has 1 aliphatic heterocycles. The number of fused-ring (bicyclic) bond motifs is 1. The van der Waals surface area contributed by atoms with Crippen LogP contribution >= 0.6 is 0 Å². The number of benzene rings is 2. The molecule has 1 aliphatic rings. The first-order valence-corrected chi connectivity index (χ1v) is 8.85. The first-order chi connectivity index (χ1) is 12.5. The number of carbonyl (C=O) groups is 3. The Morgan fingerprint density at radius 3 is 2.38 bits per heavy atom. The van der Waals surface area contributed by atoms with Gasteiger partial charge in [-0.25, -0.2) is 0 Å². The normalized spacial score (nSPS) is 13.1. The van der Waals surface area contributed by atoms with Gasteiger partial charge in [0.05, 0.1) is 11.1 Å². The van der Waals surface area contributed by atoms with E-state index >= 15 is 0 Å². The van der Waals surface area contributed by atoms with Crippen molar-refractivity contribution >= 4 is 23.4 Å². The summed E-state index contributed by atoms with van der Waals surface area (Å²) in [4.78, 5) is 40.3. The maximum atomic E-state index is 12.5. The summed E-state index contributed by atoms with van der Waals surface area (Å²) in [6.45, 7) is 4.65. The molecule has 3 amide bonds. The molecule has 5 nitrogen and oxygen atoms in total. The molecule has 0 aliphatic carbocycles. The first kappa shape index (κ1) is 17.9. The third-order valence-electron chi connectivity index (χ3n) is 4.58. The lowest BCUT2D eigenvalue weighted by Gasteiger charge is -2.21. The van der Waals surface area contributed by atoms with Gasteiger partial charge in [0.15, 0.2) is 0 Å². The third-order valence-corrected chi connectivity index (χ3v) is 4.58. The molecule has 0 radical (unpaired) electrons. The molecular weight excluding hydrogens is 328 g/mol. The molecule has 0 spiro atoms. The van der Waals surface area contributed by atoms with Crippen molar-refractivity contribution < 1.29 is 14.4 Å². The summed E-state index contributed by atoms with van der Waals surface area (Å²) in [5, 5.41) is 0. The van der Waals surface area contributed by atoms with Crippen molar-refractivity contribution in [2.24, 2.45) is 0 Å². The van der Waals surface area contributed by atoms with E-state index in [9.17, 15) is 14.4 Å². The number of hydrogen-bond acceptors (Lipinski definition) is 3. The predicted octanol–water partition coefficient (Wildman–Crippen LogP) is 3.42. The fraction of sp³-hybridized carbons (Fsp3) is 0.286. The minimum absolute atomic E-state index is 0.00819. The van der Waals surface area contributed by atoms with Crippen LogP contribution in [0.15, 0.2) is 48.5 Å². The molecule has 0 aromatic heterocycles. The Balaban J connectivity index is 1.61. The number of hydrogen-bond donors (Lipinski definition) is 0. The maximum Gasteiger partial charge on any atom is 0.261 e. The average molecular weight is 350 g/mol. The standard InChI is InChI=1S/C21H22N2O3/c1-3-22(16-8-5-4-6-9-16)19(24)10-7-13-23-20(25)17-12-11-15(2)14-18(17)21(23)26/h4-6,8-9,11-12,14H,3,7,10,13H2,1-2H3. The van der Waals surface area contributed by atoms with Gasteiger partial charge in [0.25, 0.3) is 11.8 Å². The van der Waals surface area contributed by atoms with E-state index < -0.39 is 0 Å². The quantitative estimate of drug-likeness (QED) is 0.750. The van der Waals surface area contributed by atoms with Crippen molar-refractivity contribution in [3.05, 3.63) is 65.2 Å². The molecule has 0 N–H and O–H groups in total. The molecule has 1 heterocycles. The third kappa shape index (κ3) is 3.38. The van der Waals surface area contributed by atoms with Gasteiger partial charge < -0.3 is 4.90 Å². The predicted molar refractivity (Wildman–Crippen MR) is 100 cm³/mol. The van der Waals surface area contributed by atoms with Crippen LogP contribution < -0.4 is 4.90 Å². The lowest BCUT2D eigenvalue weighted by Crippen LogP contribution is -2.33. The van der Waals surface area contributed by atoms with Crippen molar-refractivity contribution in [2.75, 3.05) is 18.0 Å². The van der Waals surface area contributed by atoms with Gasteiger partial charge in [0, 0.05) is 25.2 Å². The summed E-state index contributed by atoms with van der Waals surface area (Å²) in [6, 6.07) is 14.8. The van der Waals surface area contributed by atoms with E-state index in [1.54, 1.807) is 17.0 Å². The van der Waals surface area contributed by atoms with Crippen LogP contribution in [-0.2, 0) is 4.79 Å². The minimum atomic E-state index is -0.271. The Kier molecular flexibility index (Phi) is 5.16. The molecule has 0 saturated heterocycles. The van der Waals surface area contributed by atoms with Gasteiger partial charge >= 0.3 is 0 Å². The lowest BCUT2D eigenvalue weighted by atomic mass is 10.1. The molecular formula is C21H22N2O3. The highest BCUT2D eigenvalue weighted by molar-refractivity contribution is 6.21. The van der Waals surface area contributed by atoms with Gasteiger partial charge in [-0.1, -0.05) is 29.8 Å². The number of imide groups is 1. The highest BCUT2D eigenvalue weighted by atomic mass is 16.2. The zero-order valence-corrected chi connectivity index (χ0v) is 15.1. The fourth-order valence-corrected chi connectivity index (χ4v) is 3.24. The van der Waals surface area contributed by atoms with Crippen LogP contribution in [0.3, 0.4) is 0 Å². The smallest absolute Gasteiger partial charge is 0.261 e. The van der Waals surface area contributed by atoms with Crippen LogP contribution in [0.5, 0.6) is 0 Å². The van der Waals surface area contributed by atoms with Crippen molar-refractivity contribution in [1.29, 1.82) is 0 Å². The lowest BCUT2D eigenvalue weighted by molar-refractivity contribution is -0.118. The summed E-state index contributed by atoms with van der Waals surface area (Å²) in [7, 11) is 0. The van der Waals surface area contributed by atoms with Gasteiger partial charge in [0.2, 0.25) is 5.91 Å². The van der Waals surface area contributed by atoms with Crippen molar-refractivity contribution in [3.8, 4) is 0 Å². The molecule has 5 heteroatoms. The Bertz CT molecular complexity index is 846. The molecule has 134 valence electrons. The van der Waals surface area contributed by atoms with E-state index in [0.717, 1.165) is 11.3 Å².